The summed E-state index contributed by atoms with van der Waals surface area (Å²) in [6, 6.07) is -1.09. The summed E-state index contributed by atoms with van der Waals surface area (Å²) in [6.45, 7) is 0.666. The van der Waals surface area contributed by atoms with Crippen LogP contribution in [0.2, 0.25) is 0 Å². The van der Waals surface area contributed by atoms with Crippen LogP contribution in [0, 0.1) is 0 Å². The Morgan fingerprint density at radius 3 is 2.43 bits per heavy atom. The van der Waals surface area contributed by atoms with E-state index >= 15 is 0 Å². The number of rotatable bonds is 7. The second kappa shape index (κ2) is 8.29. The van der Waals surface area contributed by atoms with Gasteiger partial charge in [-0.15, -0.1) is 0 Å². The van der Waals surface area contributed by atoms with Gasteiger partial charge in [-0.1, -0.05) is 0 Å². The van der Waals surface area contributed by atoms with Crippen LogP contribution in [0.5, 0.6) is 0 Å². The molecule has 126 valence electrons. The number of hydrogen-bond donors (Lipinski definition) is 7. The first kappa shape index (κ1) is 18.6. The van der Waals surface area contributed by atoms with E-state index in [1.165, 1.54) is 6.92 Å². The Morgan fingerprint density at radius 2 is 1.95 bits per heavy atom. The van der Waals surface area contributed by atoms with Crippen LogP contribution in [0.3, 0.4) is 0 Å². The van der Waals surface area contributed by atoms with Crippen LogP contribution >= 0.6 is 0 Å². The van der Waals surface area contributed by atoms with Crippen molar-refractivity contribution in [2.75, 3.05) is 13.2 Å². The maximum Gasteiger partial charge on any atom is 0.197 e. The van der Waals surface area contributed by atoms with E-state index in [0.29, 0.717) is 0 Å². The lowest BCUT2D eigenvalue weighted by molar-refractivity contribution is -0.292. The van der Waals surface area contributed by atoms with Crippen LogP contribution in [-0.2, 0) is 14.2 Å². The number of ether oxygens (including phenoxy) is 3. The normalized spacial score (nSPS) is 36.0. The van der Waals surface area contributed by atoms with Gasteiger partial charge in [0.2, 0.25) is 0 Å². The molecule has 0 saturated carbocycles. The summed E-state index contributed by atoms with van der Waals surface area (Å²) in [5.74, 6) is 0. The van der Waals surface area contributed by atoms with Crippen LogP contribution in [0.15, 0.2) is 0 Å². The highest BCUT2D eigenvalue weighted by Gasteiger charge is 2.39. The van der Waals surface area contributed by atoms with Crippen LogP contribution in [0.25, 0.3) is 0 Å². The molecule has 0 aliphatic carbocycles. The summed E-state index contributed by atoms with van der Waals surface area (Å²) in [6.07, 6.45) is -8.68. The quantitative estimate of drug-likeness (QED) is 0.227. The highest BCUT2D eigenvalue weighted by atomic mass is 16.7. The molecule has 0 aromatic heterocycles. The lowest BCUT2D eigenvalue weighted by Crippen LogP contribution is -2.60. The molecule has 0 spiro atoms. The number of hydrogen-bond acceptors (Lipinski definition) is 10. The van der Waals surface area contributed by atoms with Crippen molar-refractivity contribution in [1.82, 2.24) is 0 Å². The summed E-state index contributed by atoms with van der Waals surface area (Å²) in [5.41, 5.74) is 10.8. The maximum atomic E-state index is 9.87. The van der Waals surface area contributed by atoms with Crippen LogP contribution in [-0.4, -0.2) is 88.0 Å². The molecular weight excluding hydrogens is 288 g/mol. The van der Waals surface area contributed by atoms with E-state index in [0.717, 1.165) is 0 Å². The van der Waals surface area contributed by atoms with Crippen molar-refractivity contribution in [1.29, 1.82) is 0 Å². The SMILES string of the molecule is CC(O)C(CO)OC(OC1COC(O)C(N)C1O)[C@@H](N)O. The maximum absolute atomic E-state index is 9.87. The molecule has 0 amide bonds. The molecule has 9 N–H and O–H groups in total. The average Bonchev–Trinajstić information content (AvgIpc) is 2.42. The van der Waals surface area contributed by atoms with Crippen molar-refractivity contribution in [3.05, 3.63) is 0 Å². The largest absolute Gasteiger partial charge is 0.394 e. The fourth-order valence-corrected chi connectivity index (χ4v) is 1.79. The van der Waals surface area contributed by atoms with Crippen molar-refractivity contribution < 1.29 is 39.7 Å². The van der Waals surface area contributed by atoms with Crippen LogP contribution in [0.4, 0.5) is 0 Å². The summed E-state index contributed by atoms with van der Waals surface area (Å²) in [5, 5.41) is 47.1. The second-order valence-corrected chi connectivity index (χ2v) is 4.92. The van der Waals surface area contributed by atoms with Gasteiger partial charge in [-0.25, -0.2) is 0 Å². The first-order valence-electron chi connectivity index (χ1n) is 6.54. The van der Waals surface area contributed by atoms with Gasteiger partial charge in [0.1, 0.15) is 18.3 Å². The van der Waals surface area contributed by atoms with E-state index < -0.39 is 55.9 Å². The Bertz CT molecular complexity index is 306. The van der Waals surface area contributed by atoms with Gasteiger partial charge in [0, 0.05) is 0 Å². The molecule has 1 heterocycles. The van der Waals surface area contributed by atoms with Gasteiger partial charge in [-0.2, -0.15) is 0 Å². The van der Waals surface area contributed by atoms with E-state index in [1.807, 2.05) is 0 Å². The Morgan fingerprint density at radius 1 is 1.33 bits per heavy atom. The molecule has 1 aliphatic rings. The lowest BCUT2D eigenvalue weighted by atomic mass is 10.0. The van der Waals surface area contributed by atoms with Crippen molar-refractivity contribution in [2.24, 2.45) is 11.5 Å². The summed E-state index contributed by atoms with van der Waals surface area (Å²) < 4.78 is 15.4. The van der Waals surface area contributed by atoms with Gasteiger partial charge in [0.25, 0.3) is 0 Å². The van der Waals surface area contributed by atoms with Crippen molar-refractivity contribution >= 4 is 0 Å². The van der Waals surface area contributed by atoms with Gasteiger partial charge in [0.05, 0.1) is 25.4 Å². The van der Waals surface area contributed by atoms with Gasteiger partial charge in [0.15, 0.2) is 18.8 Å². The fraction of sp³-hybridized carbons (Fsp3) is 1.00. The first-order valence-corrected chi connectivity index (χ1v) is 6.54. The predicted molar refractivity (Wildman–Crippen MR) is 68.4 cm³/mol. The molecule has 0 aromatic rings. The summed E-state index contributed by atoms with van der Waals surface area (Å²) in [7, 11) is 0. The van der Waals surface area contributed by atoms with Gasteiger partial charge in [-0.05, 0) is 6.92 Å². The molecule has 7 unspecified atom stereocenters. The minimum absolute atomic E-state index is 0.193. The van der Waals surface area contributed by atoms with E-state index in [1.54, 1.807) is 0 Å². The van der Waals surface area contributed by atoms with Gasteiger partial charge >= 0.3 is 0 Å². The molecular formula is C11H24N2O8. The molecule has 0 radical (unpaired) electrons. The molecule has 10 nitrogen and oxygen atoms in total. The van der Waals surface area contributed by atoms with Crippen LogP contribution in [0.1, 0.15) is 6.92 Å². The number of aliphatic hydroxyl groups is 5. The van der Waals surface area contributed by atoms with Crippen molar-refractivity contribution in [2.45, 2.75) is 56.2 Å². The molecule has 21 heavy (non-hydrogen) atoms. The van der Waals surface area contributed by atoms with E-state index in [4.69, 9.17) is 30.8 Å². The smallest absolute Gasteiger partial charge is 0.197 e. The Labute approximate surface area is 121 Å². The topological polar surface area (TPSA) is 181 Å². The van der Waals surface area contributed by atoms with Gasteiger partial charge in [-0.3, -0.25) is 0 Å². The third-order valence-corrected chi connectivity index (χ3v) is 3.15. The second-order valence-electron chi connectivity index (χ2n) is 4.92. The number of aliphatic hydroxyl groups excluding tert-OH is 5. The third kappa shape index (κ3) is 5.07. The zero-order chi connectivity index (χ0) is 16.2. The standard InChI is InChI=1S/C11H24N2O8/c1-4(15)5(2-14)20-11(9(13)17)21-6-3-19-10(18)7(12)8(6)16/h4-11,14-18H,2-3,12-13H2,1H3/t4?,5?,6?,7?,8?,9-,10?,11?/m0/s1. The first-order chi connectivity index (χ1) is 9.77. The fourth-order valence-electron chi connectivity index (χ4n) is 1.79. The summed E-state index contributed by atoms with van der Waals surface area (Å²) in [4.78, 5) is 0. The predicted octanol–water partition coefficient (Wildman–Crippen LogP) is -4.23. The van der Waals surface area contributed by atoms with E-state index in [9.17, 15) is 20.4 Å². The molecule has 1 fully saturated rings. The molecule has 0 bridgehead atoms. The zero-order valence-corrected chi connectivity index (χ0v) is 11.6. The van der Waals surface area contributed by atoms with Gasteiger partial charge < -0.3 is 51.2 Å². The lowest BCUT2D eigenvalue weighted by Gasteiger charge is -2.38. The highest BCUT2D eigenvalue weighted by Crippen LogP contribution is 2.18. The van der Waals surface area contributed by atoms with E-state index in [-0.39, 0.29) is 6.61 Å². The average molecular weight is 312 g/mol. The Kier molecular flexibility index (Phi) is 7.36. The molecule has 1 saturated heterocycles. The monoisotopic (exact) mass is 312 g/mol. The minimum atomic E-state index is -1.59. The highest BCUT2D eigenvalue weighted by molar-refractivity contribution is 4.86. The summed E-state index contributed by atoms with van der Waals surface area (Å²) >= 11 is 0. The molecule has 1 aliphatic heterocycles. The molecule has 0 aromatic carbocycles. The molecule has 8 atom stereocenters. The third-order valence-electron chi connectivity index (χ3n) is 3.15. The van der Waals surface area contributed by atoms with Crippen molar-refractivity contribution in [3.63, 3.8) is 0 Å². The zero-order valence-electron chi connectivity index (χ0n) is 11.6. The molecule has 10 heteroatoms. The van der Waals surface area contributed by atoms with Crippen LogP contribution < -0.4 is 11.5 Å². The number of nitrogens with two attached hydrogens (primary N) is 2. The van der Waals surface area contributed by atoms with E-state index in [2.05, 4.69) is 0 Å². The Balaban J connectivity index is 2.66. The molecule has 1 rings (SSSR count). The van der Waals surface area contributed by atoms with Crippen molar-refractivity contribution in [3.8, 4) is 0 Å². The Hall–Kier alpha value is -0.400. The minimum Gasteiger partial charge on any atom is -0.394 e.